The Labute approximate surface area is 216 Å². The van der Waals surface area contributed by atoms with Crippen LogP contribution in [0.4, 0.5) is 27.8 Å². The molecule has 0 bridgehead atoms. The maximum atomic E-state index is 12.7. The summed E-state index contributed by atoms with van der Waals surface area (Å²) in [4.78, 5) is 53.5. The molecular weight excluding hydrogens is 528 g/mol. The predicted octanol–water partition coefficient (Wildman–Crippen LogP) is 5.61. The number of hydrogen-bond acceptors (Lipinski definition) is 9. The van der Waals surface area contributed by atoms with Gasteiger partial charge in [0.1, 0.15) is 5.02 Å². The van der Waals surface area contributed by atoms with Gasteiger partial charge in [-0.3, -0.25) is 30.3 Å². The zero-order valence-electron chi connectivity index (χ0n) is 18.7. The van der Waals surface area contributed by atoms with E-state index in [2.05, 4.69) is 25.3 Å². The lowest BCUT2D eigenvalue weighted by Crippen LogP contribution is -2.13. The molecule has 188 valence electrons. The monoisotopic (exact) mass is 542 g/mol. The molecule has 0 atom stereocenters. The van der Waals surface area contributed by atoms with Gasteiger partial charge in [0.15, 0.2) is 0 Å². The Bertz CT molecular complexity index is 1560. The van der Waals surface area contributed by atoms with E-state index in [0.29, 0.717) is 22.8 Å². The van der Waals surface area contributed by atoms with E-state index in [1.165, 1.54) is 18.9 Å². The average molecular weight is 543 g/mol. The van der Waals surface area contributed by atoms with Crippen molar-refractivity contribution in [2.24, 2.45) is 0 Å². The van der Waals surface area contributed by atoms with Crippen LogP contribution in [0, 0.1) is 20.2 Å². The summed E-state index contributed by atoms with van der Waals surface area (Å²) >= 11 is 7.39. The fraction of sp³-hybridized carbons (Fsp3) is 0.0455. The number of anilines is 2. The van der Waals surface area contributed by atoms with Gasteiger partial charge in [0.05, 0.1) is 39.6 Å². The number of amides is 2. The first-order valence-corrected chi connectivity index (χ1v) is 11.4. The molecule has 1 aromatic heterocycles. The highest BCUT2D eigenvalue weighted by Gasteiger charge is 2.26. The molecular formula is C22H15ClN6O7S. The maximum absolute atomic E-state index is 12.7. The molecule has 4 rings (SSSR count). The molecule has 4 aromatic rings. The number of imidazole rings is 1. The number of halogens is 1. The maximum Gasteiger partial charge on any atom is 0.413 e. The van der Waals surface area contributed by atoms with E-state index < -0.39 is 43.8 Å². The third-order valence-electron chi connectivity index (χ3n) is 4.90. The second-order valence-corrected chi connectivity index (χ2v) is 8.83. The number of rotatable bonds is 7. The molecule has 2 amide bonds. The number of ether oxygens (including phenoxy) is 1. The number of benzene rings is 3. The number of nitrogens with one attached hydrogen (secondary N) is 3. The zero-order chi connectivity index (χ0) is 26.7. The van der Waals surface area contributed by atoms with Crippen molar-refractivity contribution < 1.29 is 24.2 Å². The van der Waals surface area contributed by atoms with Gasteiger partial charge < -0.3 is 15.0 Å². The first kappa shape index (κ1) is 25.4. The van der Waals surface area contributed by atoms with Gasteiger partial charge in [-0.25, -0.2) is 9.78 Å². The number of methoxy groups -OCH3 is 1. The number of nitrogens with zero attached hydrogens (tertiary/aromatic N) is 3. The van der Waals surface area contributed by atoms with Crippen molar-refractivity contribution in [3.05, 3.63) is 85.4 Å². The van der Waals surface area contributed by atoms with Crippen molar-refractivity contribution in [1.82, 2.24) is 9.97 Å². The van der Waals surface area contributed by atoms with Crippen molar-refractivity contribution in [3.8, 4) is 0 Å². The van der Waals surface area contributed by atoms with Gasteiger partial charge in [-0.15, -0.1) is 0 Å². The van der Waals surface area contributed by atoms with E-state index in [-0.39, 0.29) is 5.95 Å². The van der Waals surface area contributed by atoms with Gasteiger partial charge >= 0.3 is 6.09 Å². The largest absolute Gasteiger partial charge is 0.453 e. The Morgan fingerprint density at radius 3 is 2.35 bits per heavy atom. The lowest BCUT2D eigenvalue weighted by Gasteiger charge is -2.08. The molecule has 0 fully saturated rings. The summed E-state index contributed by atoms with van der Waals surface area (Å²) in [5.74, 6) is -0.587. The summed E-state index contributed by atoms with van der Waals surface area (Å²) in [6, 6.07) is 13.7. The summed E-state index contributed by atoms with van der Waals surface area (Å²) in [5, 5.41) is 26.8. The normalized spacial score (nSPS) is 10.6. The topological polar surface area (TPSA) is 182 Å². The molecule has 0 unspecified atom stereocenters. The van der Waals surface area contributed by atoms with Crippen molar-refractivity contribution in [2.45, 2.75) is 9.79 Å². The van der Waals surface area contributed by atoms with Gasteiger partial charge in [0.25, 0.3) is 17.3 Å². The summed E-state index contributed by atoms with van der Waals surface area (Å²) in [6.45, 7) is 0. The minimum absolute atomic E-state index is 0.248. The number of hydrogen-bond donors (Lipinski definition) is 3. The van der Waals surface area contributed by atoms with Crippen LogP contribution in [0.25, 0.3) is 11.0 Å². The average Bonchev–Trinajstić information content (AvgIpc) is 3.26. The molecule has 13 nitrogen and oxygen atoms in total. The Morgan fingerprint density at radius 1 is 1.00 bits per heavy atom. The van der Waals surface area contributed by atoms with Crippen LogP contribution in [-0.2, 0) is 4.74 Å². The smallest absolute Gasteiger partial charge is 0.413 e. The van der Waals surface area contributed by atoms with Crippen LogP contribution in [0.3, 0.4) is 0 Å². The van der Waals surface area contributed by atoms with Gasteiger partial charge in [0.2, 0.25) is 5.95 Å². The van der Waals surface area contributed by atoms with Crippen LogP contribution in [0.15, 0.2) is 64.4 Å². The number of nitro benzene ring substituents is 2. The van der Waals surface area contributed by atoms with Gasteiger partial charge in [-0.05, 0) is 42.5 Å². The molecule has 3 N–H and O–H groups in total. The quantitative estimate of drug-likeness (QED) is 0.197. The van der Waals surface area contributed by atoms with Crippen molar-refractivity contribution in [1.29, 1.82) is 0 Å². The van der Waals surface area contributed by atoms with Crippen LogP contribution in [0.2, 0.25) is 5.02 Å². The number of carbonyl (C=O) groups excluding carboxylic acids is 2. The van der Waals surface area contributed by atoms with Crippen molar-refractivity contribution in [3.63, 3.8) is 0 Å². The number of fused-ring (bicyclic) bond motifs is 1. The fourth-order valence-corrected chi connectivity index (χ4v) is 4.32. The number of aromatic nitrogens is 2. The van der Waals surface area contributed by atoms with E-state index >= 15 is 0 Å². The minimum Gasteiger partial charge on any atom is -0.453 e. The van der Waals surface area contributed by atoms with E-state index in [4.69, 9.17) is 11.6 Å². The van der Waals surface area contributed by atoms with Crippen molar-refractivity contribution in [2.75, 3.05) is 17.7 Å². The van der Waals surface area contributed by atoms with E-state index in [0.717, 1.165) is 15.9 Å². The Morgan fingerprint density at radius 2 is 1.70 bits per heavy atom. The van der Waals surface area contributed by atoms with Gasteiger partial charge in [0, 0.05) is 21.5 Å². The molecule has 0 spiro atoms. The molecule has 0 saturated carbocycles. The second-order valence-electron chi connectivity index (χ2n) is 7.30. The number of aromatic amines is 1. The third kappa shape index (κ3) is 5.76. The Balaban J connectivity index is 1.48. The molecule has 0 aliphatic carbocycles. The van der Waals surface area contributed by atoms with Gasteiger partial charge in [-0.2, -0.15) is 0 Å². The fourth-order valence-electron chi connectivity index (χ4n) is 3.20. The molecule has 15 heteroatoms. The SMILES string of the molecule is COC(=O)Nc1nc2ccc(Sc3ccc(NC(=O)c4cc([N+](=O)[O-])cc([N+](=O)[O-])c4Cl)cc3)cc2[nH]1. The van der Waals surface area contributed by atoms with Crippen LogP contribution in [-0.4, -0.2) is 38.9 Å². The van der Waals surface area contributed by atoms with Crippen LogP contribution < -0.4 is 10.6 Å². The Kier molecular flexibility index (Phi) is 7.22. The number of non-ortho nitro benzene ring substituents is 1. The minimum atomic E-state index is -0.894. The molecule has 3 aromatic carbocycles. The van der Waals surface area contributed by atoms with E-state index in [1.54, 1.807) is 30.3 Å². The first-order chi connectivity index (χ1) is 17.6. The molecule has 0 aliphatic rings. The summed E-state index contributed by atoms with van der Waals surface area (Å²) in [5.41, 5.74) is -0.0697. The summed E-state index contributed by atoms with van der Waals surface area (Å²) < 4.78 is 4.55. The van der Waals surface area contributed by atoms with Crippen LogP contribution >= 0.6 is 23.4 Å². The molecule has 0 radical (unpaired) electrons. The standard InChI is InChI=1S/C22H15ClN6O7S/c1-36-22(31)27-21-25-16-7-6-14(10-17(16)26-21)37-13-4-2-11(3-5-13)24-20(30)15-8-12(28(32)33)9-18(19(15)23)29(34)35/h2-10H,1H3,(H,24,30)(H2,25,26,27,31). The summed E-state index contributed by atoms with van der Waals surface area (Å²) in [7, 11) is 1.25. The van der Waals surface area contributed by atoms with E-state index in [1.807, 2.05) is 12.1 Å². The highest BCUT2D eigenvalue weighted by atomic mass is 35.5. The van der Waals surface area contributed by atoms with E-state index in [9.17, 15) is 29.8 Å². The third-order valence-corrected chi connectivity index (χ3v) is 6.29. The lowest BCUT2D eigenvalue weighted by atomic mass is 10.1. The van der Waals surface area contributed by atoms with Crippen molar-refractivity contribution >= 4 is 69.4 Å². The lowest BCUT2D eigenvalue weighted by molar-refractivity contribution is -0.394. The highest BCUT2D eigenvalue weighted by Crippen LogP contribution is 2.34. The molecule has 37 heavy (non-hydrogen) atoms. The predicted molar refractivity (Wildman–Crippen MR) is 135 cm³/mol. The zero-order valence-corrected chi connectivity index (χ0v) is 20.3. The number of carbonyl (C=O) groups is 2. The molecule has 1 heterocycles. The first-order valence-electron chi connectivity index (χ1n) is 10.2. The molecule has 0 aliphatic heterocycles. The second kappa shape index (κ2) is 10.5. The number of nitro groups is 2. The number of H-pyrrole nitrogens is 1. The van der Waals surface area contributed by atoms with Crippen LogP contribution in [0.5, 0.6) is 0 Å². The molecule has 0 saturated heterocycles. The summed E-state index contributed by atoms with van der Waals surface area (Å²) in [6.07, 6.45) is -0.646. The Hall–Kier alpha value is -4.69. The highest BCUT2D eigenvalue weighted by molar-refractivity contribution is 7.99. The van der Waals surface area contributed by atoms with Gasteiger partial charge in [-0.1, -0.05) is 23.4 Å². The van der Waals surface area contributed by atoms with Crippen LogP contribution in [0.1, 0.15) is 10.4 Å².